The van der Waals surface area contributed by atoms with E-state index in [-0.39, 0.29) is 23.4 Å². The van der Waals surface area contributed by atoms with E-state index in [4.69, 9.17) is 5.26 Å². The molecule has 104 valence electrons. The molecule has 3 rings (SSSR count). The van der Waals surface area contributed by atoms with Crippen LogP contribution in [0.4, 0.5) is 0 Å². The number of nitriles is 1. The second-order valence-corrected chi connectivity index (χ2v) is 6.17. The maximum Gasteiger partial charge on any atom is 0.241 e. The number of aromatic nitrogens is 1. The smallest absolute Gasteiger partial charge is 0.241 e. The van der Waals surface area contributed by atoms with E-state index in [9.17, 15) is 4.79 Å². The molecule has 0 aliphatic carbocycles. The first-order valence-corrected chi connectivity index (χ1v) is 7.82. The molecule has 1 aromatic heterocycles. The number of likely N-dealkylation sites (tertiary alicyclic amines) is 1. The van der Waals surface area contributed by atoms with E-state index in [0.717, 1.165) is 24.2 Å². The predicted molar refractivity (Wildman–Crippen MR) is 76.7 cm³/mol. The fourth-order valence-corrected chi connectivity index (χ4v) is 3.94. The molecular formula is C14H16N4OS. The molecule has 0 aromatic carbocycles. The number of hydrogen-bond donors (Lipinski definition) is 1. The Labute approximate surface area is 122 Å². The van der Waals surface area contributed by atoms with Gasteiger partial charge in [-0.15, -0.1) is 11.8 Å². The van der Waals surface area contributed by atoms with Gasteiger partial charge in [0, 0.05) is 24.7 Å². The minimum Gasteiger partial charge on any atom is -0.325 e. The van der Waals surface area contributed by atoms with E-state index in [1.807, 2.05) is 12.1 Å². The summed E-state index contributed by atoms with van der Waals surface area (Å²) in [4.78, 5) is 18.2. The zero-order valence-electron chi connectivity index (χ0n) is 11.0. The highest BCUT2D eigenvalue weighted by Crippen LogP contribution is 2.33. The summed E-state index contributed by atoms with van der Waals surface area (Å²) < 4.78 is 0. The Morgan fingerprint density at radius 2 is 2.30 bits per heavy atom. The molecule has 1 aromatic rings. The van der Waals surface area contributed by atoms with Crippen molar-refractivity contribution >= 4 is 17.7 Å². The van der Waals surface area contributed by atoms with E-state index >= 15 is 0 Å². The molecule has 0 spiro atoms. The first kappa shape index (κ1) is 13.4. The van der Waals surface area contributed by atoms with Crippen molar-refractivity contribution in [3.63, 3.8) is 0 Å². The number of amides is 1. The number of hydrogen-bond acceptors (Lipinski definition) is 5. The molecule has 2 saturated heterocycles. The summed E-state index contributed by atoms with van der Waals surface area (Å²) in [6.45, 7) is 0.708. The van der Waals surface area contributed by atoms with Crippen LogP contribution in [0.5, 0.6) is 0 Å². The molecule has 1 amide bonds. The van der Waals surface area contributed by atoms with Crippen molar-refractivity contribution in [3.05, 3.63) is 30.1 Å². The second kappa shape index (κ2) is 5.81. The summed E-state index contributed by atoms with van der Waals surface area (Å²) in [7, 11) is 0. The Balaban J connectivity index is 1.65. The van der Waals surface area contributed by atoms with Gasteiger partial charge in [-0.3, -0.25) is 15.1 Å². The highest BCUT2D eigenvalue weighted by atomic mass is 32.2. The Bertz CT molecular complexity index is 530. The number of nitrogens with zero attached hydrogens (tertiary/aromatic N) is 3. The predicted octanol–water partition coefficient (Wildman–Crippen LogP) is 1.30. The van der Waals surface area contributed by atoms with Crippen molar-refractivity contribution < 1.29 is 4.79 Å². The van der Waals surface area contributed by atoms with Crippen molar-refractivity contribution in [3.8, 4) is 6.07 Å². The first-order chi connectivity index (χ1) is 9.79. The lowest BCUT2D eigenvalue weighted by Crippen LogP contribution is -2.46. The highest BCUT2D eigenvalue weighted by molar-refractivity contribution is 7.99. The molecule has 2 aliphatic rings. The number of carbonyl (C=O) groups excluding carboxylic acids is 1. The van der Waals surface area contributed by atoms with Gasteiger partial charge in [-0.25, -0.2) is 0 Å². The van der Waals surface area contributed by atoms with Gasteiger partial charge in [0.2, 0.25) is 5.91 Å². The Morgan fingerprint density at radius 1 is 1.50 bits per heavy atom. The van der Waals surface area contributed by atoms with Gasteiger partial charge in [0.15, 0.2) is 0 Å². The van der Waals surface area contributed by atoms with Gasteiger partial charge in [-0.05, 0) is 30.5 Å². The van der Waals surface area contributed by atoms with E-state index in [1.165, 1.54) is 0 Å². The van der Waals surface area contributed by atoms with Crippen LogP contribution in [0.25, 0.3) is 0 Å². The molecule has 6 heteroatoms. The average Bonchev–Trinajstić information content (AvgIpc) is 3.16. The molecule has 0 bridgehead atoms. The Kier molecular flexibility index (Phi) is 3.90. The SMILES string of the molecule is N#C[C@@H]1CCCN1C(=O)[C@@H]1CSC(c2ccncc2)N1. The van der Waals surface area contributed by atoms with Crippen molar-refractivity contribution in [2.45, 2.75) is 30.3 Å². The molecule has 2 fully saturated rings. The summed E-state index contributed by atoms with van der Waals surface area (Å²) in [5.41, 5.74) is 1.14. The quantitative estimate of drug-likeness (QED) is 0.888. The molecule has 0 saturated carbocycles. The first-order valence-electron chi connectivity index (χ1n) is 6.77. The van der Waals surface area contributed by atoms with Gasteiger partial charge < -0.3 is 4.90 Å². The van der Waals surface area contributed by atoms with Crippen LogP contribution in [0.2, 0.25) is 0 Å². The van der Waals surface area contributed by atoms with Crippen molar-refractivity contribution in [2.24, 2.45) is 0 Å². The maximum atomic E-state index is 12.5. The molecule has 5 nitrogen and oxygen atoms in total. The lowest BCUT2D eigenvalue weighted by molar-refractivity contribution is -0.132. The monoisotopic (exact) mass is 288 g/mol. The van der Waals surface area contributed by atoms with E-state index < -0.39 is 0 Å². The molecule has 20 heavy (non-hydrogen) atoms. The molecular weight excluding hydrogens is 272 g/mol. The number of rotatable bonds is 2. The third kappa shape index (κ3) is 2.51. The molecule has 3 atom stereocenters. The van der Waals surface area contributed by atoms with Crippen molar-refractivity contribution in [1.82, 2.24) is 15.2 Å². The lowest BCUT2D eigenvalue weighted by Gasteiger charge is -2.23. The summed E-state index contributed by atoms with van der Waals surface area (Å²) in [6.07, 6.45) is 5.26. The second-order valence-electron chi connectivity index (χ2n) is 5.03. The Morgan fingerprint density at radius 3 is 3.05 bits per heavy atom. The third-order valence-corrected chi connectivity index (χ3v) is 5.04. The summed E-state index contributed by atoms with van der Waals surface area (Å²) in [5.74, 6) is 0.818. The van der Waals surface area contributed by atoms with E-state index in [2.05, 4.69) is 16.4 Å². The Hall–Kier alpha value is -1.58. The van der Waals surface area contributed by atoms with Crippen molar-refractivity contribution in [1.29, 1.82) is 5.26 Å². The fourth-order valence-electron chi connectivity index (χ4n) is 2.71. The third-order valence-electron chi connectivity index (χ3n) is 3.77. The van der Waals surface area contributed by atoms with Gasteiger partial charge >= 0.3 is 0 Å². The van der Waals surface area contributed by atoms with Gasteiger partial charge in [0.05, 0.1) is 17.5 Å². The minimum atomic E-state index is -0.241. The molecule has 1 N–H and O–H groups in total. The van der Waals surface area contributed by atoms with Gasteiger partial charge in [-0.1, -0.05) is 0 Å². The zero-order chi connectivity index (χ0) is 13.9. The lowest BCUT2D eigenvalue weighted by atomic mass is 10.2. The largest absolute Gasteiger partial charge is 0.325 e. The van der Waals surface area contributed by atoms with Crippen LogP contribution in [0, 0.1) is 11.3 Å². The molecule has 3 heterocycles. The summed E-state index contributed by atoms with van der Waals surface area (Å²) in [5, 5.41) is 12.6. The molecule has 1 unspecified atom stereocenters. The number of carbonyl (C=O) groups is 1. The van der Waals surface area contributed by atoms with Crippen LogP contribution in [0.3, 0.4) is 0 Å². The standard InChI is InChI=1S/C14H16N4OS/c15-8-11-2-1-7-18(11)14(19)12-9-20-13(17-12)10-3-5-16-6-4-10/h3-6,11-13,17H,1-2,7,9H2/t11-,12-,13?/m0/s1. The minimum absolute atomic E-state index is 0.0677. The van der Waals surface area contributed by atoms with Crippen LogP contribution in [-0.4, -0.2) is 40.2 Å². The number of nitrogens with one attached hydrogen (secondary N) is 1. The number of pyridine rings is 1. The van der Waals surface area contributed by atoms with Gasteiger partial charge in [-0.2, -0.15) is 5.26 Å². The van der Waals surface area contributed by atoms with E-state index in [1.54, 1.807) is 29.1 Å². The zero-order valence-corrected chi connectivity index (χ0v) is 11.8. The summed E-state index contributed by atoms with van der Waals surface area (Å²) >= 11 is 1.73. The van der Waals surface area contributed by atoms with Crippen LogP contribution in [0.1, 0.15) is 23.8 Å². The number of thioether (sulfide) groups is 1. The topological polar surface area (TPSA) is 69.0 Å². The average molecular weight is 288 g/mol. The summed E-state index contributed by atoms with van der Waals surface area (Å²) in [6, 6.07) is 5.72. The van der Waals surface area contributed by atoms with E-state index in [0.29, 0.717) is 6.54 Å². The maximum absolute atomic E-state index is 12.5. The van der Waals surface area contributed by atoms with Gasteiger partial charge in [0.1, 0.15) is 6.04 Å². The highest BCUT2D eigenvalue weighted by Gasteiger charge is 2.37. The molecule has 2 aliphatic heterocycles. The van der Waals surface area contributed by atoms with Gasteiger partial charge in [0.25, 0.3) is 0 Å². The van der Waals surface area contributed by atoms with Crippen LogP contribution in [0.15, 0.2) is 24.5 Å². The van der Waals surface area contributed by atoms with Crippen molar-refractivity contribution in [2.75, 3.05) is 12.3 Å². The van der Waals surface area contributed by atoms with Crippen LogP contribution < -0.4 is 5.32 Å². The van der Waals surface area contributed by atoms with Crippen LogP contribution >= 0.6 is 11.8 Å². The van der Waals surface area contributed by atoms with Crippen LogP contribution in [-0.2, 0) is 4.79 Å². The normalized spacial score (nSPS) is 29.4. The fraction of sp³-hybridized carbons (Fsp3) is 0.500. The molecule has 0 radical (unpaired) electrons.